The molecule has 3 aromatic rings. The van der Waals surface area contributed by atoms with E-state index < -0.39 is 17.3 Å². The van der Waals surface area contributed by atoms with Crippen LogP contribution < -0.4 is 5.32 Å². The van der Waals surface area contributed by atoms with Gasteiger partial charge in [-0.25, -0.2) is 4.39 Å². The Kier molecular flexibility index (Phi) is 7.26. The predicted octanol–water partition coefficient (Wildman–Crippen LogP) is 3.19. The smallest absolute Gasteiger partial charge is 0.254 e. The van der Waals surface area contributed by atoms with Crippen LogP contribution in [0.3, 0.4) is 0 Å². The molecule has 36 heavy (non-hydrogen) atoms. The monoisotopic (exact) mass is 496 g/mol. The molecule has 0 bridgehead atoms. The summed E-state index contributed by atoms with van der Waals surface area (Å²) >= 11 is 0. The standard InChI is InChI=1S/C26H33FN6O3/c1-26(2,3)33-23(34)11-18(24(33)20-14-30-32(16-20)8-9-36-5)12-28-25(35)21-10-17(6-7-22(21)27)19-13-29-31(4)15-19/h6-7,10,13-16,18,24H,8-9,11-12H2,1-5H3,(H,28,35)/t18-,24+/m1/s1. The minimum absolute atomic E-state index is 0.0150. The van der Waals surface area contributed by atoms with Crippen molar-refractivity contribution in [3.05, 3.63) is 59.9 Å². The summed E-state index contributed by atoms with van der Waals surface area (Å²) < 4.78 is 23.2. The molecule has 2 atom stereocenters. The first-order valence-corrected chi connectivity index (χ1v) is 12.0. The molecule has 9 nitrogen and oxygen atoms in total. The van der Waals surface area contributed by atoms with Gasteiger partial charge in [0.2, 0.25) is 5.91 Å². The fraction of sp³-hybridized carbons (Fsp3) is 0.462. The quantitative estimate of drug-likeness (QED) is 0.517. The second-order valence-corrected chi connectivity index (χ2v) is 10.2. The van der Waals surface area contributed by atoms with Crippen LogP contribution in [-0.4, -0.2) is 62.1 Å². The number of aromatic nitrogens is 4. The van der Waals surface area contributed by atoms with E-state index in [-0.39, 0.29) is 36.4 Å². The molecule has 0 unspecified atom stereocenters. The molecule has 2 amide bonds. The lowest BCUT2D eigenvalue weighted by atomic mass is 9.93. The van der Waals surface area contributed by atoms with Crippen LogP contribution in [-0.2, 0) is 23.1 Å². The molecule has 1 fully saturated rings. The first kappa shape index (κ1) is 25.6. The van der Waals surface area contributed by atoms with Crippen molar-refractivity contribution in [3.8, 4) is 11.1 Å². The molecular weight excluding hydrogens is 463 g/mol. The number of halogens is 1. The SMILES string of the molecule is COCCn1cc([C@@H]2[C@@H](CNC(=O)c3cc(-c4cnn(C)c4)ccc3F)CC(=O)N2C(C)(C)C)cn1. The zero-order chi connectivity index (χ0) is 26.0. The van der Waals surface area contributed by atoms with E-state index in [0.29, 0.717) is 18.7 Å². The van der Waals surface area contributed by atoms with E-state index in [0.717, 1.165) is 11.1 Å². The van der Waals surface area contributed by atoms with Gasteiger partial charge in [-0.2, -0.15) is 10.2 Å². The number of likely N-dealkylation sites (tertiary alicyclic amines) is 1. The summed E-state index contributed by atoms with van der Waals surface area (Å²) in [7, 11) is 3.43. The minimum Gasteiger partial charge on any atom is -0.383 e. The topological polar surface area (TPSA) is 94.3 Å². The summed E-state index contributed by atoms with van der Waals surface area (Å²) in [5.74, 6) is -1.30. The molecule has 1 N–H and O–H groups in total. The highest BCUT2D eigenvalue weighted by molar-refractivity contribution is 5.95. The number of hydrogen-bond acceptors (Lipinski definition) is 5. The first-order chi connectivity index (χ1) is 17.1. The molecule has 0 radical (unpaired) electrons. The maximum atomic E-state index is 14.6. The molecule has 192 valence electrons. The lowest BCUT2D eigenvalue weighted by Gasteiger charge is -2.38. The summed E-state index contributed by atoms with van der Waals surface area (Å²) in [4.78, 5) is 28.0. The van der Waals surface area contributed by atoms with E-state index in [9.17, 15) is 14.0 Å². The highest BCUT2D eigenvalue weighted by atomic mass is 19.1. The van der Waals surface area contributed by atoms with Gasteiger partial charge in [0.05, 0.1) is 37.2 Å². The van der Waals surface area contributed by atoms with Crippen molar-refractivity contribution in [2.75, 3.05) is 20.3 Å². The Morgan fingerprint density at radius 1 is 1.19 bits per heavy atom. The van der Waals surface area contributed by atoms with Crippen LogP contribution in [0.2, 0.25) is 0 Å². The van der Waals surface area contributed by atoms with E-state index in [1.807, 2.05) is 31.9 Å². The zero-order valence-electron chi connectivity index (χ0n) is 21.4. The Morgan fingerprint density at radius 2 is 1.97 bits per heavy atom. The Hall–Kier alpha value is -3.53. The van der Waals surface area contributed by atoms with Crippen LogP contribution >= 0.6 is 0 Å². The lowest BCUT2D eigenvalue weighted by molar-refractivity contribution is -0.133. The van der Waals surface area contributed by atoms with Gasteiger partial charge in [-0.3, -0.25) is 19.0 Å². The molecule has 0 aliphatic carbocycles. The third-order valence-electron chi connectivity index (χ3n) is 6.45. The number of hydrogen-bond donors (Lipinski definition) is 1. The lowest BCUT2D eigenvalue weighted by Crippen LogP contribution is -2.44. The molecule has 0 spiro atoms. The van der Waals surface area contributed by atoms with E-state index in [1.54, 1.807) is 48.2 Å². The van der Waals surface area contributed by atoms with Gasteiger partial charge >= 0.3 is 0 Å². The number of methoxy groups -OCH3 is 1. The number of amides is 2. The minimum atomic E-state index is -0.602. The van der Waals surface area contributed by atoms with Gasteiger partial charge in [0.15, 0.2) is 0 Å². The molecule has 0 saturated carbocycles. The van der Waals surface area contributed by atoms with Crippen LogP contribution in [0.15, 0.2) is 43.0 Å². The van der Waals surface area contributed by atoms with Gasteiger partial charge in [0.1, 0.15) is 5.82 Å². The van der Waals surface area contributed by atoms with E-state index in [1.165, 1.54) is 12.1 Å². The number of nitrogens with one attached hydrogen (secondary N) is 1. The van der Waals surface area contributed by atoms with Crippen molar-refractivity contribution < 1.29 is 18.7 Å². The summed E-state index contributed by atoms with van der Waals surface area (Å²) in [5.41, 5.74) is 1.93. The van der Waals surface area contributed by atoms with E-state index in [4.69, 9.17) is 4.74 Å². The van der Waals surface area contributed by atoms with Crippen molar-refractivity contribution in [2.45, 2.75) is 45.3 Å². The molecule has 1 aliphatic rings. The van der Waals surface area contributed by atoms with Gasteiger partial charge < -0.3 is 15.0 Å². The van der Waals surface area contributed by atoms with Crippen molar-refractivity contribution in [2.24, 2.45) is 13.0 Å². The average molecular weight is 497 g/mol. The number of ether oxygens (including phenoxy) is 1. The van der Waals surface area contributed by atoms with Crippen LogP contribution in [0.5, 0.6) is 0 Å². The van der Waals surface area contributed by atoms with Gasteiger partial charge in [-0.1, -0.05) is 6.07 Å². The number of nitrogens with zero attached hydrogens (tertiary/aromatic N) is 5. The Balaban J connectivity index is 1.54. The summed E-state index contributed by atoms with van der Waals surface area (Å²) in [6.45, 7) is 7.33. The number of carbonyl (C=O) groups excluding carboxylic acids is 2. The highest BCUT2D eigenvalue weighted by Gasteiger charge is 2.46. The summed E-state index contributed by atoms with van der Waals surface area (Å²) in [6, 6.07) is 4.17. The summed E-state index contributed by atoms with van der Waals surface area (Å²) in [6.07, 6.45) is 7.44. The Bertz CT molecular complexity index is 1240. The predicted molar refractivity (Wildman–Crippen MR) is 132 cm³/mol. The maximum absolute atomic E-state index is 14.6. The average Bonchev–Trinajstić information content (AvgIpc) is 3.54. The Labute approximate surface area is 210 Å². The van der Waals surface area contributed by atoms with E-state index >= 15 is 0 Å². The van der Waals surface area contributed by atoms with Crippen molar-refractivity contribution >= 4 is 11.8 Å². The van der Waals surface area contributed by atoms with Gasteiger partial charge in [-0.05, 0) is 38.5 Å². The van der Waals surface area contributed by atoms with Crippen molar-refractivity contribution in [1.29, 1.82) is 0 Å². The number of benzene rings is 1. The number of aryl methyl sites for hydroxylation is 1. The van der Waals surface area contributed by atoms with Crippen LogP contribution in [0, 0.1) is 11.7 Å². The molecule has 1 saturated heterocycles. The van der Waals surface area contributed by atoms with Gasteiger partial charge in [0.25, 0.3) is 5.91 Å². The second kappa shape index (κ2) is 10.2. The van der Waals surface area contributed by atoms with Crippen LogP contribution in [0.1, 0.15) is 49.2 Å². The normalized spacial score (nSPS) is 18.2. The van der Waals surface area contributed by atoms with Crippen LogP contribution in [0.4, 0.5) is 4.39 Å². The molecule has 2 aromatic heterocycles. The molecule has 10 heteroatoms. The summed E-state index contributed by atoms with van der Waals surface area (Å²) in [5, 5.41) is 11.4. The molecule has 1 aromatic carbocycles. The molecule has 4 rings (SSSR count). The van der Waals surface area contributed by atoms with Gasteiger partial charge in [0, 0.05) is 62.1 Å². The maximum Gasteiger partial charge on any atom is 0.254 e. The second-order valence-electron chi connectivity index (χ2n) is 10.2. The fourth-order valence-electron chi connectivity index (χ4n) is 4.80. The van der Waals surface area contributed by atoms with Crippen molar-refractivity contribution in [1.82, 2.24) is 29.8 Å². The van der Waals surface area contributed by atoms with E-state index in [2.05, 4.69) is 15.5 Å². The van der Waals surface area contributed by atoms with Crippen molar-refractivity contribution in [3.63, 3.8) is 0 Å². The molecule has 1 aliphatic heterocycles. The third-order valence-corrected chi connectivity index (χ3v) is 6.45. The zero-order valence-corrected chi connectivity index (χ0v) is 21.4. The first-order valence-electron chi connectivity index (χ1n) is 12.0. The molecule has 3 heterocycles. The number of carbonyl (C=O) groups is 2. The molecular formula is C26H33FN6O3. The Morgan fingerprint density at radius 3 is 2.64 bits per heavy atom. The fourth-order valence-corrected chi connectivity index (χ4v) is 4.80. The van der Waals surface area contributed by atoms with Gasteiger partial charge in [-0.15, -0.1) is 0 Å². The highest BCUT2D eigenvalue weighted by Crippen LogP contribution is 2.42. The number of rotatable bonds is 8. The largest absolute Gasteiger partial charge is 0.383 e. The third kappa shape index (κ3) is 5.33. The van der Waals surface area contributed by atoms with Crippen LogP contribution in [0.25, 0.3) is 11.1 Å².